The second-order valence-corrected chi connectivity index (χ2v) is 6.08. The molecule has 0 aliphatic carbocycles. The summed E-state index contributed by atoms with van der Waals surface area (Å²) in [5, 5.41) is 6.12. The number of nitrogens with two attached hydrogens (primary N) is 1. The second-order valence-electron chi connectivity index (χ2n) is 3.54. The summed E-state index contributed by atoms with van der Waals surface area (Å²) in [5.41, 5.74) is 6.35. The van der Waals surface area contributed by atoms with Crippen LogP contribution in [0.3, 0.4) is 0 Å². The summed E-state index contributed by atoms with van der Waals surface area (Å²) in [7, 11) is -3.70. The fraction of sp³-hybridized carbons (Fsp3) is 0.100. The molecule has 0 radical (unpaired) electrons. The molecule has 0 atom stereocenters. The number of aromatic nitrogens is 2. The molecule has 0 aliphatic rings. The average molecular weight is 331 g/mol. The summed E-state index contributed by atoms with van der Waals surface area (Å²) >= 11 is 3.27. The van der Waals surface area contributed by atoms with Gasteiger partial charge < -0.3 is 5.73 Å². The predicted octanol–water partition coefficient (Wildman–Crippen LogP) is 1.43. The van der Waals surface area contributed by atoms with E-state index < -0.39 is 10.0 Å². The smallest absolute Gasteiger partial charge is 0.279 e. The minimum atomic E-state index is -3.70. The van der Waals surface area contributed by atoms with Crippen LogP contribution in [0.15, 0.2) is 40.0 Å². The Bertz CT molecular complexity index is 653. The molecule has 0 fully saturated rings. The summed E-state index contributed by atoms with van der Waals surface area (Å²) in [6.07, 6.45) is 1.40. The van der Waals surface area contributed by atoms with Gasteiger partial charge in [0.05, 0.1) is 6.20 Å². The third-order valence-corrected chi connectivity index (χ3v) is 4.13. The van der Waals surface area contributed by atoms with Gasteiger partial charge in [0.1, 0.15) is 0 Å². The average Bonchev–Trinajstić information content (AvgIpc) is 2.77. The lowest BCUT2D eigenvalue weighted by molar-refractivity contribution is 0.596. The fourth-order valence-electron chi connectivity index (χ4n) is 1.44. The zero-order chi connectivity index (χ0) is 13.2. The van der Waals surface area contributed by atoms with Crippen molar-refractivity contribution in [2.75, 3.05) is 4.72 Å². The van der Waals surface area contributed by atoms with Gasteiger partial charge in [0, 0.05) is 22.3 Å². The van der Waals surface area contributed by atoms with Gasteiger partial charge in [-0.15, -0.1) is 0 Å². The minimum absolute atomic E-state index is 0.00928. The number of rotatable bonds is 4. The molecule has 0 saturated heterocycles. The largest absolute Gasteiger partial charge is 0.326 e. The summed E-state index contributed by atoms with van der Waals surface area (Å²) in [6.45, 7) is 0.102. The van der Waals surface area contributed by atoms with Gasteiger partial charge in [-0.3, -0.25) is 9.82 Å². The molecule has 0 bridgehead atoms. The van der Waals surface area contributed by atoms with E-state index in [1.807, 2.05) is 0 Å². The molecule has 6 nitrogen and oxygen atoms in total. The lowest BCUT2D eigenvalue weighted by atomic mass is 10.3. The van der Waals surface area contributed by atoms with E-state index in [0.29, 0.717) is 11.3 Å². The van der Waals surface area contributed by atoms with Gasteiger partial charge in [0.15, 0.2) is 5.03 Å². The number of nitrogens with zero attached hydrogens (tertiary/aromatic N) is 1. The Morgan fingerprint density at radius 1 is 1.44 bits per heavy atom. The normalized spacial score (nSPS) is 11.4. The first kappa shape index (κ1) is 13.1. The van der Waals surface area contributed by atoms with Crippen LogP contribution in [0.1, 0.15) is 5.56 Å². The summed E-state index contributed by atoms with van der Waals surface area (Å²) < 4.78 is 27.4. The number of anilines is 1. The van der Waals surface area contributed by atoms with Crippen LogP contribution in [-0.2, 0) is 16.6 Å². The van der Waals surface area contributed by atoms with E-state index in [-0.39, 0.29) is 11.6 Å². The first-order valence-electron chi connectivity index (χ1n) is 5.03. The van der Waals surface area contributed by atoms with Gasteiger partial charge in [0.25, 0.3) is 10.0 Å². The van der Waals surface area contributed by atoms with Crippen LogP contribution >= 0.6 is 15.9 Å². The van der Waals surface area contributed by atoms with Crippen molar-refractivity contribution in [1.29, 1.82) is 0 Å². The molecule has 1 heterocycles. The number of halogens is 1. The highest BCUT2D eigenvalue weighted by Gasteiger charge is 2.20. The van der Waals surface area contributed by atoms with Crippen molar-refractivity contribution in [2.24, 2.45) is 5.73 Å². The van der Waals surface area contributed by atoms with Gasteiger partial charge in [-0.1, -0.05) is 22.0 Å². The van der Waals surface area contributed by atoms with Crippen molar-refractivity contribution in [3.05, 3.63) is 40.5 Å². The van der Waals surface area contributed by atoms with E-state index in [1.54, 1.807) is 24.3 Å². The number of nitrogens with one attached hydrogen (secondary N) is 2. The van der Waals surface area contributed by atoms with Crippen molar-refractivity contribution in [2.45, 2.75) is 11.6 Å². The molecule has 2 aromatic rings. The standard InChI is InChI=1S/C10H11BrN4O2S/c11-8-2-1-3-9(4-8)15-18(16,17)10-7(5-12)6-13-14-10/h1-4,6,15H,5,12H2,(H,13,14). The highest BCUT2D eigenvalue weighted by molar-refractivity contribution is 9.10. The monoisotopic (exact) mass is 330 g/mol. The van der Waals surface area contributed by atoms with Crippen LogP contribution < -0.4 is 10.5 Å². The lowest BCUT2D eigenvalue weighted by Crippen LogP contribution is -2.16. The molecule has 0 aliphatic heterocycles. The third kappa shape index (κ3) is 2.71. The van der Waals surface area contributed by atoms with E-state index in [0.717, 1.165) is 4.47 Å². The maximum absolute atomic E-state index is 12.1. The van der Waals surface area contributed by atoms with Crippen LogP contribution in [0, 0.1) is 0 Å². The number of H-pyrrole nitrogens is 1. The molecular formula is C10H11BrN4O2S. The van der Waals surface area contributed by atoms with Crippen LogP contribution in [0.25, 0.3) is 0 Å². The van der Waals surface area contributed by atoms with Gasteiger partial charge in [-0.05, 0) is 18.2 Å². The topological polar surface area (TPSA) is 101 Å². The molecule has 2 rings (SSSR count). The van der Waals surface area contributed by atoms with Crippen molar-refractivity contribution >= 4 is 31.6 Å². The molecule has 0 unspecified atom stereocenters. The highest BCUT2D eigenvalue weighted by atomic mass is 79.9. The molecule has 1 aromatic carbocycles. The molecule has 0 amide bonds. The number of hydrogen-bond acceptors (Lipinski definition) is 4. The molecule has 1 aromatic heterocycles. The summed E-state index contributed by atoms with van der Waals surface area (Å²) in [5.74, 6) is 0. The van der Waals surface area contributed by atoms with E-state index in [4.69, 9.17) is 5.73 Å². The molecular weight excluding hydrogens is 320 g/mol. The first-order chi connectivity index (χ1) is 8.53. The molecule has 96 valence electrons. The molecule has 4 N–H and O–H groups in total. The Balaban J connectivity index is 2.33. The van der Waals surface area contributed by atoms with Crippen LogP contribution in [0.2, 0.25) is 0 Å². The summed E-state index contributed by atoms with van der Waals surface area (Å²) in [6, 6.07) is 6.86. The van der Waals surface area contributed by atoms with Gasteiger partial charge in [0.2, 0.25) is 0 Å². The van der Waals surface area contributed by atoms with Crippen LogP contribution in [0.4, 0.5) is 5.69 Å². The lowest BCUT2D eigenvalue weighted by Gasteiger charge is -2.07. The van der Waals surface area contributed by atoms with Crippen molar-refractivity contribution in [3.63, 3.8) is 0 Å². The van der Waals surface area contributed by atoms with Gasteiger partial charge in [-0.2, -0.15) is 13.5 Å². The quantitative estimate of drug-likeness (QED) is 0.789. The Hall–Kier alpha value is -1.38. The van der Waals surface area contributed by atoms with Crippen molar-refractivity contribution in [1.82, 2.24) is 10.2 Å². The molecule has 0 spiro atoms. The Morgan fingerprint density at radius 2 is 2.22 bits per heavy atom. The minimum Gasteiger partial charge on any atom is -0.326 e. The number of benzene rings is 1. The van der Waals surface area contributed by atoms with E-state index >= 15 is 0 Å². The maximum Gasteiger partial charge on any atom is 0.279 e. The SMILES string of the molecule is NCc1cn[nH]c1S(=O)(=O)Nc1cccc(Br)c1. The molecule has 0 saturated carbocycles. The maximum atomic E-state index is 12.1. The highest BCUT2D eigenvalue weighted by Crippen LogP contribution is 2.20. The zero-order valence-electron chi connectivity index (χ0n) is 9.22. The number of hydrogen-bond donors (Lipinski definition) is 3. The molecule has 18 heavy (non-hydrogen) atoms. The second kappa shape index (κ2) is 5.09. The Morgan fingerprint density at radius 3 is 2.89 bits per heavy atom. The van der Waals surface area contributed by atoms with E-state index in [2.05, 4.69) is 30.8 Å². The van der Waals surface area contributed by atoms with Crippen molar-refractivity contribution < 1.29 is 8.42 Å². The van der Waals surface area contributed by atoms with Crippen LogP contribution in [0.5, 0.6) is 0 Å². The predicted molar refractivity (Wildman–Crippen MR) is 71.4 cm³/mol. The van der Waals surface area contributed by atoms with Crippen LogP contribution in [-0.4, -0.2) is 18.6 Å². The van der Waals surface area contributed by atoms with E-state index in [1.165, 1.54) is 6.20 Å². The number of aromatic amines is 1. The van der Waals surface area contributed by atoms with Gasteiger partial charge >= 0.3 is 0 Å². The zero-order valence-corrected chi connectivity index (χ0v) is 11.6. The van der Waals surface area contributed by atoms with Crippen molar-refractivity contribution in [3.8, 4) is 0 Å². The van der Waals surface area contributed by atoms with Gasteiger partial charge in [-0.25, -0.2) is 0 Å². The summed E-state index contributed by atoms with van der Waals surface area (Å²) in [4.78, 5) is 0. The Kier molecular flexibility index (Phi) is 3.69. The molecule has 8 heteroatoms. The third-order valence-electron chi connectivity index (χ3n) is 2.24. The number of sulfonamides is 1. The van der Waals surface area contributed by atoms with E-state index in [9.17, 15) is 8.42 Å². The Labute approximate surface area is 113 Å². The first-order valence-corrected chi connectivity index (χ1v) is 7.31. The fourth-order valence-corrected chi connectivity index (χ4v) is 3.03.